The standard InChI is InChI=1S/C23H26N4O/c1-15-11-24-23(25-12-15)27-14-18-7-6-17(10-19(18)13-26-27)21-4-3-5-22(16(21)2)28-20-8-9-20/h3-5,11-13,17,20H,6-10,14H2,1-2H3. The van der Waals surface area contributed by atoms with Gasteiger partial charge in [0.1, 0.15) is 5.75 Å². The number of rotatable bonds is 4. The average Bonchev–Trinajstić information content (AvgIpc) is 3.54. The van der Waals surface area contributed by atoms with Gasteiger partial charge in [-0.3, -0.25) is 0 Å². The molecule has 0 bridgehead atoms. The van der Waals surface area contributed by atoms with Crippen LogP contribution in [-0.4, -0.2) is 28.8 Å². The minimum Gasteiger partial charge on any atom is -0.490 e. The third-order valence-electron chi connectivity index (χ3n) is 5.99. The Hall–Kier alpha value is -2.69. The van der Waals surface area contributed by atoms with Crippen molar-refractivity contribution in [2.75, 3.05) is 11.6 Å². The summed E-state index contributed by atoms with van der Waals surface area (Å²) >= 11 is 0. The highest BCUT2D eigenvalue weighted by molar-refractivity contribution is 5.82. The Balaban J connectivity index is 1.32. The molecule has 1 aromatic heterocycles. The first-order valence-electron chi connectivity index (χ1n) is 10.2. The van der Waals surface area contributed by atoms with E-state index in [2.05, 4.69) is 40.2 Å². The molecule has 1 aliphatic heterocycles. The van der Waals surface area contributed by atoms with Crippen LogP contribution in [0.4, 0.5) is 5.95 Å². The lowest BCUT2D eigenvalue weighted by Crippen LogP contribution is -2.28. The summed E-state index contributed by atoms with van der Waals surface area (Å²) in [6, 6.07) is 6.54. The zero-order valence-electron chi connectivity index (χ0n) is 16.6. The Labute approximate surface area is 166 Å². The van der Waals surface area contributed by atoms with Gasteiger partial charge in [0.15, 0.2) is 0 Å². The second kappa shape index (κ2) is 7.04. The summed E-state index contributed by atoms with van der Waals surface area (Å²) in [7, 11) is 0. The van der Waals surface area contributed by atoms with Crippen molar-refractivity contribution in [1.82, 2.24) is 9.97 Å². The van der Waals surface area contributed by atoms with Crippen molar-refractivity contribution < 1.29 is 4.74 Å². The third kappa shape index (κ3) is 3.41. The Bertz CT molecular complexity index is 944. The second-order valence-corrected chi connectivity index (χ2v) is 8.22. The molecule has 2 heterocycles. The molecule has 5 heteroatoms. The zero-order chi connectivity index (χ0) is 19.1. The van der Waals surface area contributed by atoms with Crippen LogP contribution in [0.2, 0.25) is 0 Å². The molecule has 2 aromatic rings. The van der Waals surface area contributed by atoms with E-state index < -0.39 is 0 Å². The highest BCUT2D eigenvalue weighted by atomic mass is 16.5. The first-order valence-corrected chi connectivity index (χ1v) is 10.2. The van der Waals surface area contributed by atoms with Gasteiger partial charge in [-0.1, -0.05) is 12.1 Å². The summed E-state index contributed by atoms with van der Waals surface area (Å²) < 4.78 is 6.11. The van der Waals surface area contributed by atoms with E-state index in [0.29, 0.717) is 18.0 Å². The van der Waals surface area contributed by atoms with Crippen molar-refractivity contribution in [2.45, 2.75) is 58.0 Å². The fourth-order valence-electron chi connectivity index (χ4n) is 4.18. The molecule has 0 spiro atoms. The van der Waals surface area contributed by atoms with Gasteiger partial charge in [0.25, 0.3) is 0 Å². The number of nitrogens with zero attached hydrogens (tertiary/aromatic N) is 4. The number of anilines is 1. The van der Waals surface area contributed by atoms with Crippen molar-refractivity contribution in [1.29, 1.82) is 0 Å². The maximum Gasteiger partial charge on any atom is 0.246 e. The number of aryl methyl sites for hydroxylation is 1. The van der Waals surface area contributed by atoms with Gasteiger partial charge in [-0.15, -0.1) is 0 Å². The number of hydrogen-bond acceptors (Lipinski definition) is 5. The Morgan fingerprint density at radius 1 is 1.07 bits per heavy atom. The van der Waals surface area contributed by atoms with E-state index in [9.17, 15) is 0 Å². The van der Waals surface area contributed by atoms with Gasteiger partial charge in [0.05, 0.1) is 18.9 Å². The molecule has 1 saturated carbocycles. The minimum absolute atomic E-state index is 0.440. The number of aromatic nitrogens is 2. The Kier molecular flexibility index (Phi) is 4.38. The monoisotopic (exact) mass is 374 g/mol. The molecule has 1 unspecified atom stereocenters. The Morgan fingerprint density at radius 2 is 1.89 bits per heavy atom. The molecule has 28 heavy (non-hydrogen) atoms. The quantitative estimate of drug-likeness (QED) is 0.778. The molecular weight excluding hydrogens is 348 g/mol. The fourth-order valence-corrected chi connectivity index (χ4v) is 4.18. The normalized spacial score (nSPS) is 21.6. The van der Waals surface area contributed by atoms with Gasteiger partial charge >= 0.3 is 0 Å². The van der Waals surface area contributed by atoms with Crippen LogP contribution >= 0.6 is 0 Å². The van der Waals surface area contributed by atoms with Crippen molar-refractivity contribution in [3.8, 4) is 5.75 Å². The second-order valence-electron chi connectivity index (χ2n) is 8.22. The molecule has 2 aliphatic carbocycles. The van der Waals surface area contributed by atoms with E-state index >= 15 is 0 Å². The lowest BCUT2D eigenvalue weighted by atomic mass is 9.78. The topological polar surface area (TPSA) is 50.6 Å². The lowest BCUT2D eigenvalue weighted by molar-refractivity contribution is 0.300. The molecule has 0 radical (unpaired) electrons. The van der Waals surface area contributed by atoms with Gasteiger partial charge < -0.3 is 4.74 Å². The molecule has 144 valence electrons. The number of ether oxygens (including phenoxy) is 1. The molecule has 1 atom stereocenters. The van der Waals surface area contributed by atoms with Gasteiger partial charge in [-0.25, -0.2) is 15.0 Å². The molecule has 0 amide bonds. The van der Waals surface area contributed by atoms with Gasteiger partial charge in [-0.2, -0.15) is 5.10 Å². The van der Waals surface area contributed by atoms with Crippen molar-refractivity contribution in [3.63, 3.8) is 0 Å². The number of benzene rings is 1. The lowest BCUT2D eigenvalue weighted by Gasteiger charge is -2.32. The Morgan fingerprint density at radius 3 is 2.68 bits per heavy atom. The molecule has 1 aromatic carbocycles. The zero-order valence-corrected chi connectivity index (χ0v) is 16.6. The average molecular weight is 374 g/mol. The largest absolute Gasteiger partial charge is 0.490 e. The van der Waals surface area contributed by atoms with E-state index in [0.717, 1.165) is 30.7 Å². The van der Waals surface area contributed by atoms with Gasteiger partial charge in [-0.05, 0) is 85.8 Å². The SMILES string of the molecule is Cc1cnc(N2CC3=C(C=N2)CC(c2cccc(OC4CC4)c2C)CC3)nc1. The predicted octanol–water partition coefficient (Wildman–Crippen LogP) is 4.70. The first kappa shape index (κ1) is 17.4. The summed E-state index contributed by atoms with van der Waals surface area (Å²) in [5.41, 5.74) is 6.66. The van der Waals surface area contributed by atoms with Gasteiger partial charge in [0.2, 0.25) is 5.95 Å². The molecular formula is C23H26N4O. The third-order valence-corrected chi connectivity index (χ3v) is 5.99. The van der Waals surface area contributed by atoms with Crippen LogP contribution in [0.3, 0.4) is 0 Å². The number of hydrazone groups is 1. The van der Waals surface area contributed by atoms with Crippen LogP contribution in [0, 0.1) is 13.8 Å². The van der Waals surface area contributed by atoms with Crippen LogP contribution in [0.5, 0.6) is 5.75 Å². The van der Waals surface area contributed by atoms with Gasteiger partial charge in [0, 0.05) is 12.4 Å². The maximum absolute atomic E-state index is 6.11. The summed E-state index contributed by atoms with van der Waals surface area (Å²) in [4.78, 5) is 8.83. The van der Waals surface area contributed by atoms with E-state index in [-0.39, 0.29) is 0 Å². The predicted molar refractivity (Wildman–Crippen MR) is 111 cm³/mol. The molecule has 0 saturated heterocycles. The maximum atomic E-state index is 6.11. The van der Waals surface area contributed by atoms with Crippen LogP contribution in [0.1, 0.15) is 54.7 Å². The molecule has 3 aliphatic rings. The van der Waals surface area contributed by atoms with E-state index in [1.807, 2.05) is 30.5 Å². The van der Waals surface area contributed by atoms with Crippen molar-refractivity contribution >= 4 is 12.2 Å². The molecule has 0 N–H and O–H groups in total. The summed E-state index contributed by atoms with van der Waals surface area (Å²) in [6.45, 7) is 5.01. The van der Waals surface area contributed by atoms with Crippen molar-refractivity contribution in [2.24, 2.45) is 5.10 Å². The molecule has 5 rings (SSSR count). The smallest absolute Gasteiger partial charge is 0.246 e. The van der Waals surface area contributed by atoms with E-state index in [1.54, 1.807) is 0 Å². The van der Waals surface area contributed by atoms with Crippen LogP contribution in [-0.2, 0) is 0 Å². The molecule has 1 fully saturated rings. The van der Waals surface area contributed by atoms with Crippen LogP contribution in [0.25, 0.3) is 0 Å². The van der Waals surface area contributed by atoms with Crippen LogP contribution in [0.15, 0.2) is 46.8 Å². The van der Waals surface area contributed by atoms with E-state index in [4.69, 9.17) is 4.74 Å². The number of hydrogen-bond donors (Lipinski definition) is 0. The fraction of sp³-hybridized carbons (Fsp3) is 0.435. The van der Waals surface area contributed by atoms with Crippen LogP contribution < -0.4 is 9.75 Å². The summed E-state index contributed by atoms with van der Waals surface area (Å²) in [6.07, 6.45) is 11.9. The first-order chi connectivity index (χ1) is 13.7. The number of allylic oxidation sites excluding steroid dienone is 1. The van der Waals surface area contributed by atoms with E-state index in [1.165, 1.54) is 41.5 Å². The summed E-state index contributed by atoms with van der Waals surface area (Å²) in [5, 5.41) is 6.54. The summed E-state index contributed by atoms with van der Waals surface area (Å²) in [5.74, 6) is 2.28. The molecule has 5 nitrogen and oxygen atoms in total. The highest BCUT2D eigenvalue weighted by Gasteiger charge is 2.28. The van der Waals surface area contributed by atoms with Crippen molar-refractivity contribution in [3.05, 3.63) is 58.4 Å². The minimum atomic E-state index is 0.440. The highest BCUT2D eigenvalue weighted by Crippen LogP contribution is 2.41.